The number of pyridine rings is 1. The topological polar surface area (TPSA) is 60.2 Å². The number of methoxy groups -OCH3 is 1. The van der Waals surface area contributed by atoms with Gasteiger partial charge in [-0.3, -0.25) is 4.98 Å². The van der Waals surface area contributed by atoms with Crippen molar-refractivity contribution in [2.24, 2.45) is 0 Å². The molecule has 0 amide bonds. The van der Waals surface area contributed by atoms with Crippen LogP contribution in [0.4, 0.5) is 0 Å². The Kier molecular flexibility index (Phi) is 3.72. The average molecular weight is 367 g/mol. The standard InChI is InChI=1S/C23H17N3O2/c1-28-21-12-11-15(13-20(21)27)22-18-14-24-19-10-6-5-9-17(19)23(18)26(25-22)16-7-3-2-4-8-16/h2-14,27H,1H3. The summed E-state index contributed by atoms with van der Waals surface area (Å²) in [5.41, 5.74) is 4.43. The summed E-state index contributed by atoms with van der Waals surface area (Å²) >= 11 is 0. The van der Waals surface area contributed by atoms with Crippen molar-refractivity contribution in [3.63, 3.8) is 0 Å². The van der Waals surface area contributed by atoms with Gasteiger partial charge in [-0.1, -0.05) is 36.4 Å². The highest BCUT2D eigenvalue weighted by molar-refractivity contribution is 6.08. The molecule has 3 aromatic carbocycles. The van der Waals surface area contributed by atoms with Crippen LogP contribution < -0.4 is 4.74 Å². The maximum absolute atomic E-state index is 10.2. The Morgan fingerprint density at radius 3 is 2.46 bits per heavy atom. The first-order valence-electron chi connectivity index (χ1n) is 8.95. The van der Waals surface area contributed by atoms with Gasteiger partial charge in [0.1, 0.15) is 5.69 Å². The van der Waals surface area contributed by atoms with E-state index in [1.54, 1.807) is 12.1 Å². The summed E-state index contributed by atoms with van der Waals surface area (Å²) in [6, 6.07) is 23.4. The maximum Gasteiger partial charge on any atom is 0.160 e. The van der Waals surface area contributed by atoms with Gasteiger partial charge in [0.25, 0.3) is 0 Å². The van der Waals surface area contributed by atoms with Crippen LogP contribution in [0.25, 0.3) is 38.8 Å². The molecule has 5 rings (SSSR count). The van der Waals surface area contributed by atoms with Crippen LogP contribution in [0.5, 0.6) is 11.5 Å². The summed E-state index contributed by atoms with van der Waals surface area (Å²) in [6.45, 7) is 0. The second-order valence-corrected chi connectivity index (χ2v) is 6.52. The highest BCUT2D eigenvalue weighted by Crippen LogP contribution is 2.36. The number of rotatable bonds is 3. The van der Waals surface area contributed by atoms with Crippen LogP contribution in [0.3, 0.4) is 0 Å². The molecule has 0 radical (unpaired) electrons. The number of benzene rings is 3. The third kappa shape index (κ3) is 2.48. The van der Waals surface area contributed by atoms with E-state index in [-0.39, 0.29) is 5.75 Å². The molecule has 0 spiro atoms. The van der Waals surface area contributed by atoms with Gasteiger partial charge < -0.3 is 9.84 Å². The summed E-state index contributed by atoms with van der Waals surface area (Å²) in [7, 11) is 1.53. The molecule has 0 bridgehead atoms. The second-order valence-electron chi connectivity index (χ2n) is 6.52. The molecule has 0 fully saturated rings. The van der Waals surface area contributed by atoms with Crippen LogP contribution in [0.2, 0.25) is 0 Å². The highest BCUT2D eigenvalue weighted by atomic mass is 16.5. The lowest BCUT2D eigenvalue weighted by Crippen LogP contribution is -1.96. The first kappa shape index (κ1) is 16.3. The third-order valence-corrected chi connectivity index (χ3v) is 4.87. The molecule has 0 saturated carbocycles. The highest BCUT2D eigenvalue weighted by Gasteiger charge is 2.17. The van der Waals surface area contributed by atoms with Crippen LogP contribution in [0.1, 0.15) is 0 Å². The SMILES string of the molecule is COc1ccc(-c2nn(-c3ccccc3)c3c2cnc2ccccc23)cc1O. The molecular formula is C23H17N3O2. The fraction of sp³-hybridized carbons (Fsp3) is 0.0435. The largest absolute Gasteiger partial charge is 0.504 e. The smallest absolute Gasteiger partial charge is 0.160 e. The quantitative estimate of drug-likeness (QED) is 0.490. The summed E-state index contributed by atoms with van der Waals surface area (Å²) in [5.74, 6) is 0.510. The lowest BCUT2D eigenvalue weighted by Gasteiger charge is -2.05. The molecule has 2 heterocycles. The Labute approximate surface area is 161 Å². The van der Waals surface area contributed by atoms with Crippen molar-refractivity contribution in [2.45, 2.75) is 0 Å². The number of aromatic nitrogens is 3. The van der Waals surface area contributed by atoms with Crippen LogP contribution in [0.15, 0.2) is 79.0 Å². The normalized spacial score (nSPS) is 11.2. The predicted molar refractivity (Wildman–Crippen MR) is 110 cm³/mol. The number of hydrogen-bond acceptors (Lipinski definition) is 4. The molecule has 0 aliphatic heterocycles. The van der Waals surface area contributed by atoms with E-state index in [0.717, 1.165) is 38.8 Å². The van der Waals surface area contributed by atoms with Crippen molar-refractivity contribution in [1.82, 2.24) is 14.8 Å². The van der Waals surface area contributed by atoms with E-state index >= 15 is 0 Å². The Morgan fingerprint density at radius 1 is 0.893 bits per heavy atom. The van der Waals surface area contributed by atoms with Crippen LogP contribution in [-0.4, -0.2) is 27.0 Å². The van der Waals surface area contributed by atoms with Crippen LogP contribution in [0, 0.1) is 0 Å². The summed E-state index contributed by atoms with van der Waals surface area (Å²) in [4.78, 5) is 4.62. The summed E-state index contributed by atoms with van der Waals surface area (Å²) in [6.07, 6.45) is 1.85. The number of aromatic hydroxyl groups is 1. The van der Waals surface area contributed by atoms with Gasteiger partial charge in [-0.05, 0) is 36.4 Å². The molecule has 0 saturated heterocycles. The van der Waals surface area contributed by atoms with E-state index in [9.17, 15) is 5.11 Å². The molecule has 0 aliphatic carbocycles. The molecular weight excluding hydrogens is 350 g/mol. The summed E-state index contributed by atoms with van der Waals surface area (Å²) < 4.78 is 7.11. The van der Waals surface area contributed by atoms with E-state index in [1.165, 1.54) is 7.11 Å². The number of nitrogens with zero attached hydrogens (tertiary/aromatic N) is 3. The lowest BCUT2D eigenvalue weighted by molar-refractivity contribution is 0.373. The van der Waals surface area contributed by atoms with Gasteiger partial charge in [0, 0.05) is 22.5 Å². The van der Waals surface area contributed by atoms with E-state index < -0.39 is 0 Å². The number of para-hydroxylation sites is 2. The van der Waals surface area contributed by atoms with Gasteiger partial charge in [0.05, 0.1) is 23.8 Å². The van der Waals surface area contributed by atoms with Gasteiger partial charge in [0.15, 0.2) is 11.5 Å². The zero-order valence-electron chi connectivity index (χ0n) is 15.2. The molecule has 5 aromatic rings. The van der Waals surface area contributed by atoms with E-state index in [2.05, 4.69) is 11.1 Å². The van der Waals surface area contributed by atoms with Gasteiger partial charge >= 0.3 is 0 Å². The van der Waals surface area contributed by atoms with Crippen LogP contribution >= 0.6 is 0 Å². The number of fused-ring (bicyclic) bond motifs is 3. The van der Waals surface area contributed by atoms with Crippen molar-refractivity contribution in [1.29, 1.82) is 0 Å². The van der Waals surface area contributed by atoms with E-state index in [0.29, 0.717) is 5.75 Å². The fourth-order valence-electron chi connectivity index (χ4n) is 3.54. The first-order valence-corrected chi connectivity index (χ1v) is 8.95. The Morgan fingerprint density at radius 2 is 1.68 bits per heavy atom. The second kappa shape index (κ2) is 6.39. The predicted octanol–water partition coefficient (Wildman–Crippen LogP) is 4.95. The third-order valence-electron chi connectivity index (χ3n) is 4.87. The zero-order valence-corrected chi connectivity index (χ0v) is 15.2. The molecule has 136 valence electrons. The molecule has 0 aliphatic rings. The van der Waals surface area contributed by atoms with Crippen molar-refractivity contribution in [2.75, 3.05) is 7.11 Å². The minimum absolute atomic E-state index is 0.0798. The minimum Gasteiger partial charge on any atom is -0.504 e. The van der Waals surface area contributed by atoms with Crippen molar-refractivity contribution >= 4 is 21.8 Å². The molecule has 5 nitrogen and oxygen atoms in total. The van der Waals surface area contributed by atoms with Crippen molar-refractivity contribution in [3.8, 4) is 28.4 Å². The fourth-order valence-corrected chi connectivity index (χ4v) is 3.54. The molecule has 0 atom stereocenters. The van der Waals surface area contributed by atoms with E-state index in [1.807, 2.05) is 65.5 Å². The first-order chi connectivity index (χ1) is 13.8. The Bertz CT molecular complexity index is 1310. The summed E-state index contributed by atoms with van der Waals surface area (Å²) in [5, 5.41) is 17.1. The molecule has 5 heteroatoms. The zero-order chi connectivity index (χ0) is 19.1. The number of phenols is 1. The van der Waals surface area contributed by atoms with Gasteiger partial charge in [0.2, 0.25) is 0 Å². The minimum atomic E-state index is 0.0798. The number of ether oxygens (including phenoxy) is 1. The number of phenolic OH excluding ortho intramolecular Hbond substituents is 1. The lowest BCUT2D eigenvalue weighted by atomic mass is 10.1. The maximum atomic E-state index is 10.2. The van der Waals surface area contributed by atoms with Gasteiger partial charge in [-0.15, -0.1) is 0 Å². The van der Waals surface area contributed by atoms with Crippen molar-refractivity contribution < 1.29 is 9.84 Å². The molecule has 28 heavy (non-hydrogen) atoms. The number of hydrogen-bond donors (Lipinski definition) is 1. The molecule has 1 N–H and O–H groups in total. The Balaban J connectivity index is 1.86. The van der Waals surface area contributed by atoms with Gasteiger partial charge in [-0.25, -0.2) is 4.68 Å². The Hall–Kier alpha value is -3.86. The van der Waals surface area contributed by atoms with Crippen molar-refractivity contribution in [3.05, 3.63) is 79.0 Å². The molecule has 2 aromatic heterocycles. The van der Waals surface area contributed by atoms with Crippen LogP contribution in [-0.2, 0) is 0 Å². The molecule has 0 unspecified atom stereocenters. The van der Waals surface area contributed by atoms with Gasteiger partial charge in [-0.2, -0.15) is 5.10 Å². The average Bonchev–Trinajstić information content (AvgIpc) is 3.14. The monoisotopic (exact) mass is 367 g/mol. The van der Waals surface area contributed by atoms with E-state index in [4.69, 9.17) is 9.84 Å².